The molecule has 1 fully saturated rings. The second kappa shape index (κ2) is 9.08. The van der Waals surface area contributed by atoms with E-state index < -0.39 is 0 Å². The summed E-state index contributed by atoms with van der Waals surface area (Å²) in [5.74, 6) is -0.119. The Hall–Kier alpha value is -1.33. The lowest BCUT2D eigenvalue weighted by Crippen LogP contribution is -2.25. The molecule has 1 unspecified atom stereocenters. The van der Waals surface area contributed by atoms with Gasteiger partial charge in [0.25, 0.3) is 0 Å². The van der Waals surface area contributed by atoms with E-state index >= 15 is 0 Å². The van der Waals surface area contributed by atoms with E-state index in [0.29, 0.717) is 5.15 Å². The second-order valence-corrected chi connectivity index (χ2v) is 6.25. The van der Waals surface area contributed by atoms with Crippen LogP contribution in [0.3, 0.4) is 0 Å². The average molecular weight is 341 g/mol. The number of rotatable bonds is 6. The van der Waals surface area contributed by atoms with Crippen molar-refractivity contribution in [3.63, 3.8) is 0 Å². The number of carbonyl (C=O) groups is 1. The zero-order chi connectivity index (χ0) is 16.7. The maximum Gasteiger partial charge on any atom is 0.308 e. The lowest BCUT2D eigenvalue weighted by atomic mass is 10.0. The van der Waals surface area contributed by atoms with E-state index in [2.05, 4.69) is 16.0 Å². The Balaban J connectivity index is 2.05. The molecule has 0 amide bonds. The SMILES string of the molecule is COCCCc1cnc(Cl)c(N2CCCC(C(=O)OC)CC2)c1. The predicted octanol–water partition coefficient (Wildman–Crippen LogP) is 3.09. The van der Waals surface area contributed by atoms with E-state index in [4.69, 9.17) is 21.1 Å². The lowest BCUT2D eigenvalue weighted by molar-refractivity contribution is -0.145. The van der Waals surface area contributed by atoms with Gasteiger partial charge in [-0.05, 0) is 43.7 Å². The van der Waals surface area contributed by atoms with Gasteiger partial charge in [0.15, 0.2) is 5.15 Å². The summed E-state index contributed by atoms with van der Waals surface area (Å²) in [5.41, 5.74) is 2.13. The fourth-order valence-electron chi connectivity index (χ4n) is 3.00. The Bertz CT molecular complexity index is 525. The molecule has 0 N–H and O–H groups in total. The highest BCUT2D eigenvalue weighted by molar-refractivity contribution is 6.32. The van der Waals surface area contributed by atoms with Crippen LogP contribution in [0.25, 0.3) is 0 Å². The van der Waals surface area contributed by atoms with Crippen molar-refractivity contribution in [1.82, 2.24) is 4.98 Å². The molecule has 0 radical (unpaired) electrons. The van der Waals surface area contributed by atoms with E-state index in [-0.39, 0.29) is 11.9 Å². The van der Waals surface area contributed by atoms with Crippen LogP contribution in [0.5, 0.6) is 0 Å². The summed E-state index contributed by atoms with van der Waals surface area (Å²) < 4.78 is 9.97. The Morgan fingerprint density at radius 3 is 2.96 bits per heavy atom. The molecular formula is C17H25ClN2O3. The van der Waals surface area contributed by atoms with Crippen LogP contribution >= 0.6 is 11.6 Å². The van der Waals surface area contributed by atoms with E-state index in [1.165, 1.54) is 7.11 Å². The molecule has 128 valence electrons. The van der Waals surface area contributed by atoms with Gasteiger partial charge in [-0.15, -0.1) is 0 Å². The van der Waals surface area contributed by atoms with E-state index in [0.717, 1.165) is 63.1 Å². The van der Waals surface area contributed by atoms with Gasteiger partial charge in [0, 0.05) is 33.0 Å². The second-order valence-electron chi connectivity index (χ2n) is 5.89. The molecule has 0 saturated carbocycles. The fourth-order valence-corrected chi connectivity index (χ4v) is 3.22. The Labute approximate surface area is 142 Å². The highest BCUT2D eigenvalue weighted by Gasteiger charge is 2.24. The van der Waals surface area contributed by atoms with Gasteiger partial charge in [-0.25, -0.2) is 4.98 Å². The molecule has 1 aromatic rings. The van der Waals surface area contributed by atoms with Crippen molar-refractivity contribution in [1.29, 1.82) is 0 Å². The highest BCUT2D eigenvalue weighted by Crippen LogP contribution is 2.29. The number of aromatic nitrogens is 1. The number of hydrogen-bond donors (Lipinski definition) is 0. The number of esters is 1. The van der Waals surface area contributed by atoms with Crippen molar-refractivity contribution >= 4 is 23.3 Å². The molecule has 1 aliphatic rings. The largest absolute Gasteiger partial charge is 0.469 e. The molecule has 23 heavy (non-hydrogen) atoms. The standard InChI is InChI=1S/C17H25ClN2O3/c1-22-10-4-5-13-11-15(16(18)19-12-13)20-8-3-6-14(7-9-20)17(21)23-2/h11-12,14H,3-10H2,1-2H3. The van der Waals surface area contributed by atoms with Crippen LogP contribution in [-0.4, -0.2) is 44.9 Å². The summed E-state index contributed by atoms with van der Waals surface area (Å²) in [6.07, 6.45) is 6.31. The molecule has 6 heteroatoms. The van der Waals surface area contributed by atoms with E-state index in [9.17, 15) is 4.79 Å². The summed E-state index contributed by atoms with van der Waals surface area (Å²) in [4.78, 5) is 18.3. The number of carbonyl (C=O) groups excluding carboxylic acids is 1. The summed E-state index contributed by atoms with van der Waals surface area (Å²) in [7, 11) is 3.16. The maximum absolute atomic E-state index is 11.7. The number of halogens is 1. The molecule has 1 atom stereocenters. The third-order valence-electron chi connectivity index (χ3n) is 4.29. The minimum absolute atomic E-state index is 0.0124. The van der Waals surface area contributed by atoms with Crippen molar-refractivity contribution in [2.45, 2.75) is 32.1 Å². The van der Waals surface area contributed by atoms with Gasteiger partial charge < -0.3 is 14.4 Å². The van der Waals surface area contributed by atoms with Crippen molar-refractivity contribution in [2.24, 2.45) is 5.92 Å². The topological polar surface area (TPSA) is 51.7 Å². The van der Waals surface area contributed by atoms with Gasteiger partial charge in [-0.3, -0.25) is 4.79 Å². The van der Waals surface area contributed by atoms with Crippen molar-refractivity contribution in [3.8, 4) is 0 Å². The van der Waals surface area contributed by atoms with Crippen molar-refractivity contribution < 1.29 is 14.3 Å². The monoisotopic (exact) mass is 340 g/mol. The highest BCUT2D eigenvalue weighted by atomic mass is 35.5. The molecule has 5 nitrogen and oxygen atoms in total. The summed E-state index contributed by atoms with van der Waals surface area (Å²) in [6.45, 7) is 2.42. The summed E-state index contributed by atoms with van der Waals surface area (Å²) in [6, 6.07) is 2.11. The Morgan fingerprint density at radius 2 is 2.22 bits per heavy atom. The zero-order valence-electron chi connectivity index (χ0n) is 13.9. The zero-order valence-corrected chi connectivity index (χ0v) is 14.6. The Morgan fingerprint density at radius 1 is 1.39 bits per heavy atom. The number of hydrogen-bond acceptors (Lipinski definition) is 5. The molecule has 1 aromatic heterocycles. The minimum atomic E-state index is -0.107. The van der Waals surface area contributed by atoms with Crippen molar-refractivity contribution in [2.75, 3.05) is 38.8 Å². The lowest BCUT2D eigenvalue weighted by Gasteiger charge is -2.24. The van der Waals surface area contributed by atoms with Crippen LogP contribution in [0.1, 0.15) is 31.2 Å². The number of nitrogens with zero attached hydrogens (tertiary/aromatic N) is 2. The first-order valence-electron chi connectivity index (χ1n) is 8.12. The quantitative estimate of drug-likeness (QED) is 0.452. The first-order valence-corrected chi connectivity index (χ1v) is 8.49. The number of aryl methyl sites for hydroxylation is 1. The van der Waals surface area contributed by atoms with Gasteiger partial charge >= 0.3 is 5.97 Å². The minimum Gasteiger partial charge on any atom is -0.469 e. The molecule has 1 aliphatic heterocycles. The van der Waals surface area contributed by atoms with E-state index in [1.54, 1.807) is 7.11 Å². The fraction of sp³-hybridized carbons (Fsp3) is 0.647. The molecule has 0 aliphatic carbocycles. The number of methoxy groups -OCH3 is 2. The van der Waals surface area contributed by atoms with Crippen LogP contribution in [0.15, 0.2) is 12.3 Å². The average Bonchev–Trinajstić information content (AvgIpc) is 2.82. The van der Waals surface area contributed by atoms with Gasteiger partial charge in [0.05, 0.1) is 18.7 Å². The first kappa shape index (κ1) is 18.0. The van der Waals surface area contributed by atoms with Crippen molar-refractivity contribution in [3.05, 3.63) is 23.0 Å². The van der Waals surface area contributed by atoms with Crippen LogP contribution < -0.4 is 4.90 Å². The third kappa shape index (κ3) is 5.08. The molecule has 0 bridgehead atoms. The van der Waals surface area contributed by atoms with Gasteiger partial charge in [-0.1, -0.05) is 11.6 Å². The van der Waals surface area contributed by atoms with Crippen LogP contribution in [0.2, 0.25) is 5.15 Å². The number of pyridine rings is 1. The van der Waals surface area contributed by atoms with E-state index in [1.807, 2.05) is 6.20 Å². The molecule has 2 rings (SSSR count). The normalized spacial score (nSPS) is 18.6. The number of ether oxygens (including phenoxy) is 2. The summed E-state index contributed by atoms with van der Waals surface area (Å²) in [5, 5.41) is 0.525. The predicted molar refractivity (Wildman–Crippen MR) is 91.0 cm³/mol. The van der Waals surface area contributed by atoms with Crippen LogP contribution in [0.4, 0.5) is 5.69 Å². The maximum atomic E-state index is 11.7. The molecule has 2 heterocycles. The Kier molecular flexibility index (Phi) is 7.12. The number of anilines is 1. The molecule has 0 spiro atoms. The molecule has 1 saturated heterocycles. The molecular weight excluding hydrogens is 316 g/mol. The first-order chi connectivity index (χ1) is 11.2. The van der Waals surface area contributed by atoms with Gasteiger partial charge in [-0.2, -0.15) is 0 Å². The van der Waals surface area contributed by atoms with Crippen LogP contribution in [0, 0.1) is 5.92 Å². The molecule has 0 aromatic carbocycles. The smallest absolute Gasteiger partial charge is 0.308 e. The van der Waals surface area contributed by atoms with Crippen LogP contribution in [-0.2, 0) is 20.7 Å². The third-order valence-corrected chi connectivity index (χ3v) is 4.59. The van der Waals surface area contributed by atoms with Gasteiger partial charge in [0.2, 0.25) is 0 Å². The van der Waals surface area contributed by atoms with Gasteiger partial charge in [0.1, 0.15) is 0 Å². The summed E-state index contributed by atoms with van der Waals surface area (Å²) >= 11 is 6.30.